The van der Waals surface area contributed by atoms with Crippen molar-refractivity contribution in [2.45, 2.75) is 46.2 Å². The fourth-order valence-corrected chi connectivity index (χ4v) is 2.76. The first-order chi connectivity index (χ1) is 12.3. The molecule has 0 saturated carbocycles. The van der Waals surface area contributed by atoms with E-state index in [1.54, 1.807) is 16.2 Å². The lowest BCUT2D eigenvalue weighted by molar-refractivity contribution is -0.392. The zero-order valence-corrected chi connectivity index (χ0v) is 15.4. The van der Waals surface area contributed by atoms with Gasteiger partial charge in [0, 0.05) is 12.5 Å². The van der Waals surface area contributed by atoms with Gasteiger partial charge in [0.2, 0.25) is 0 Å². The maximum absolute atomic E-state index is 11.0. The van der Waals surface area contributed by atoms with E-state index in [2.05, 4.69) is 48.2 Å². The van der Waals surface area contributed by atoms with Gasteiger partial charge in [-0.1, -0.05) is 50.3 Å². The summed E-state index contributed by atoms with van der Waals surface area (Å²) in [6, 6.07) is 8.29. The molecular formula is C18H22N6O2. The number of nitro groups is 1. The maximum atomic E-state index is 11.0. The maximum Gasteiger partial charge on any atom is 0.342 e. The van der Waals surface area contributed by atoms with E-state index in [1.807, 2.05) is 18.3 Å². The van der Waals surface area contributed by atoms with Gasteiger partial charge in [-0.25, -0.2) is 14.2 Å². The quantitative estimate of drug-likeness (QED) is 0.517. The van der Waals surface area contributed by atoms with Crippen LogP contribution in [0.1, 0.15) is 32.2 Å². The number of aryl methyl sites for hydroxylation is 2. The van der Waals surface area contributed by atoms with Crippen LogP contribution >= 0.6 is 0 Å². The summed E-state index contributed by atoms with van der Waals surface area (Å²) in [5.41, 5.74) is 3.14. The molecule has 0 aliphatic rings. The summed E-state index contributed by atoms with van der Waals surface area (Å²) in [6.45, 7) is 9.16. The highest BCUT2D eigenvalue weighted by Gasteiger charge is 2.17. The standard InChI is InChI=1S/C18H22N6O2/c1-13-19-11-17(24(25)26)23(13)10-9-22-12-16(20-21-22)14-5-7-15(8-6-14)18(2,3)4/h5-8,11-12H,9-10H2,1-4H3. The van der Waals surface area contributed by atoms with Crippen molar-refractivity contribution in [3.8, 4) is 11.3 Å². The molecule has 0 bridgehead atoms. The molecule has 136 valence electrons. The van der Waals surface area contributed by atoms with Crippen molar-refractivity contribution in [1.29, 1.82) is 0 Å². The molecule has 0 saturated heterocycles. The van der Waals surface area contributed by atoms with Crippen molar-refractivity contribution in [3.63, 3.8) is 0 Å². The normalized spacial score (nSPS) is 11.7. The van der Waals surface area contributed by atoms with E-state index in [1.165, 1.54) is 11.8 Å². The van der Waals surface area contributed by atoms with Gasteiger partial charge in [0.15, 0.2) is 5.82 Å². The monoisotopic (exact) mass is 354 g/mol. The van der Waals surface area contributed by atoms with Crippen molar-refractivity contribution < 1.29 is 4.92 Å². The Balaban J connectivity index is 1.73. The van der Waals surface area contributed by atoms with Gasteiger partial charge in [-0.3, -0.25) is 0 Å². The molecule has 8 nitrogen and oxygen atoms in total. The van der Waals surface area contributed by atoms with E-state index in [0.29, 0.717) is 18.9 Å². The Kier molecular flexibility index (Phi) is 4.58. The fourth-order valence-electron chi connectivity index (χ4n) is 2.76. The summed E-state index contributed by atoms with van der Waals surface area (Å²) in [4.78, 5) is 14.6. The molecule has 0 atom stereocenters. The summed E-state index contributed by atoms with van der Waals surface area (Å²) < 4.78 is 3.26. The number of hydrogen-bond donors (Lipinski definition) is 0. The van der Waals surface area contributed by atoms with Gasteiger partial charge in [0.25, 0.3) is 0 Å². The second-order valence-corrected chi connectivity index (χ2v) is 7.27. The van der Waals surface area contributed by atoms with Crippen LogP contribution in [0.15, 0.2) is 36.7 Å². The van der Waals surface area contributed by atoms with Gasteiger partial charge in [-0.2, -0.15) is 0 Å². The van der Waals surface area contributed by atoms with Gasteiger partial charge in [0.1, 0.15) is 18.4 Å². The van der Waals surface area contributed by atoms with Crippen LogP contribution in [0.5, 0.6) is 0 Å². The topological polar surface area (TPSA) is 91.7 Å². The van der Waals surface area contributed by atoms with Gasteiger partial charge in [-0.15, -0.1) is 5.10 Å². The zero-order valence-electron chi connectivity index (χ0n) is 15.4. The first kappa shape index (κ1) is 17.8. The Hall–Kier alpha value is -3.03. The molecule has 8 heteroatoms. The van der Waals surface area contributed by atoms with Crippen molar-refractivity contribution in [3.05, 3.63) is 58.2 Å². The molecule has 2 heterocycles. The molecule has 0 fully saturated rings. The van der Waals surface area contributed by atoms with E-state index >= 15 is 0 Å². The second-order valence-electron chi connectivity index (χ2n) is 7.27. The minimum atomic E-state index is -0.427. The molecule has 0 spiro atoms. The molecule has 3 rings (SSSR count). The third-order valence-corrected chi connectivity index (χ3v) is 4.36. The lowest BCUT2D eigenvalue weighted by Gasteiger charge is -2.18. The number of hydrogen-bond acceptors (Lipinski definition) is 5. The Bertz CT molecular complexity index is 918. The van der Waals surface area contributed by atoms with Crippen LogP contribution in [0, 0.1) is 17.0 Å². The predicted molar refractivity (Wildman–Crippen MR) is 97.8 cm³/mol. The van der Waals surface area contributed by atoms with Crippen molar-refractivity contribution in [1.82, 2.24) is 24.5 Å². The molecule has 3 aromatic rings. The van der Waals surface area contributed by atoms with E-state index in [0.717, 1.165) is 11.3 Å². The summed E-state index contributed by atoms with van der Waals surface area (Å²) in [6.07, 6.45) is 3.13. The molecular weight excluding hydrogens is 332 g/mol. The van der Waals surface area contributed by atoms with Gasteiger partial charge in [0.05, 0.1) is 12.7 Å². The summed E-state index contributed by atoms with van der Waals surface area (Å²) in [5, 5.41) is 19.4. The third-order valence-electron chi connectivity index (χ3n) is 4.36. The number of aromatic nitrogens is 5. The van der Waals surface area contributed by atoms with Crippen LogP contribution in [0.2, 0.25) is 0 Å². The van der Waals surface area contributed by atoms with Crippen molar-refractivity contribution in [2.75, 3.05) is 0 Å². The average Bonchev–Trinajstić information content (AvgIpc) is 3.19. The van der Waals surface area contributed by atoms with Gasteiger partial charge >= 0.3 is 5.82 Å². The van der Waals surface area contributed by atoms with Crippen LogP contribution in [0.25, 0.3) is 11.3 Å². The van der Waals surface area contributed by atoms with Gasteiger partial charge < -0.3 is 10.1 Å². The number of imidazole rings is 1. The SMILES string of the molecule is Cc1ncc([N+](=O)[O-])n1CCn1cc(-c2ccc(C(C)(C)C)cc2)nn1. The number of rotatable bonds is 5. The van der Waals surface area contributed by atoms with E-state index in [-0.39, 0.29) is 11.2 Å². The first-order valence-electron chi connectivity index (χ1n) is 8.43. The van der Waals surface area contributed by atoms with Crippen molar-refractivity contribution in [2.24, 2.45) is 0 Å². The fraction of sp³-hybridized carbons (Fsp3) is 0.389. The van der Waals surface area contributed by atoms with Crippen LogP contribution < -0.4 is 0 Å². The van der Waals surface area contributed by atoms with Crippen LogP contribution in [-0.2, 0) is 18.5 Å². The number of benzene rings is 1. The first-order valence-corrected chi connectivity index (χ1v) is 8.43. The summed E-state index contributed by atoms with van der Waals surface area (Å²) in [7, 11) is 0. The smallest absolute Gasteiger partial charge is 0.342 e. The highest BCUT2D eigenvalue weighted by Crippen LogP contribution is 2.25. The Morgan fingerprint density at radius 2 is 1.85 bits per heavy atom. The van der Waals surface area contributed by atoms with Crippen LogP contribution in [-0.4, -0.2) is 29.5 Å². The van der Waals surface area contributed by atoms with E-state index in [4.69, 9.17) is 0 Å². The third kappa shape index (κ3) is 3.63. The number of nitrogens with zero attached hydrogens (tertiary/aromatic N) is 6. The molecule has 26 heavy (non-hydrogen) atoms. The molecule has 0 aliphatic carbocycles. The molecule has 0 radical (unpaired) electrons. The summed E-state index contributed by atoms with van der Waals surface area (Å²) >= 11 is 0. The lowest BCUT2D eigenvalue weighted by Crippen LogP contribution is -2.11. The predicted octanol–water partition coefficient (Wildman–Crippen LogP) is 3.36. The lowest BCUT2D eigenvalue weighted by atomic mass is 9.86. The minimum Gasteiger partial charge on any atom is -0.358 e. The van der Waals surface area contributed by atoms with Gasteiger partial charge in [-0.05, 0) is 15.9 Å². The highest BCUT2D eigenvalue weighted by atomic mass is 16.6. The Morgan fingerprint density at radius 1 is 1.15 bits per heavy atom. The molecule has 0 unspecified atom stereocenters. The zero-order chi connectivity index (χ0) is 18.9. The molecule has 0 N–H and O–H groups in total. The molecule has 0 amide bonds. The molecule has 0 aliphatic heterocycles. The van der Waals surface area contributed by atoms with Crippen LogP contribution in [0.3, 0.4) is 0 Å². The van der Waals surface area contributed by atoms with E-state index in [9.17, 15) is 10.1 Å². The second kappa shape index (κ2) is 6.70. The van der Waals surface area contributed by atoms with E-state index < -0.39 is 4.92 Å². The van der Waals surface area contributed by atoms with Crippen molar-refractivity contribution >= 4 is 5.82 Å². The molecule has 2 aromatic heterocycles. The Morgan fingerprint density at radius 3 is 2.46 bits per heavy atom. The summed E-state index contributed by atoms with van der Waals surface area (Å²) in [5.74, 6) is 0.593. The molecule has 1 aromatic carbocycles. The Labute approximate surface area is 151 Å². The average molecular weight is 354 g/mol. The highest BCUT2D eigenvalue weighted by molar-refractivity contribution is 5.58. The van der Waals surface area contributed by atoms with Crippen LogP contribution in [0.4, 0.5) is 5.82 Å². The largest absolute Gasteiger partial charge is 0.358 e. The minimum absolute atomic E-state index is 0.0133.